The topological polar surface area (TPSA) is 73.2 Å². The van der Waals surface area contributed by atoms with Crippen molar-refractivity contribution >= 4 is 22.9 Å². The number of aryl methyl sites for hydroxylation is 3. The summed E-state index contributed by atoms with van der Waals surface area (Å²) >= 11 is 0. The van der Waals surface area contributed by atoms with Crippen LogP contribution in [0.5, 0.6) is 0 Å². The zero-order chi connectivity index (χ0) is 24.2. The van der Waals surface area contributed by atoms with Crippen LogP contribution in [0.15, 0.2) is 60.7 Å². The van der Waals surface area contributed by atoms with Crippen LogP contribution in [0, 0.1) is 13.8 Å². The zero-order valence-corrected chi connectivity index (χ0v) is 20.0. The molecule has 6 heteroatoms. The molecule has 0 fully saturated rings. The molecular weight excluding hydrogens is 426 g/mol. The fraction of sp³-hybridized carbons (Fsp3) is 0.250. The molecular formula is C28H29N3O3. The van der Waals surface area contributed by atoms with Gasteiger partial charge >= 0.3 is 5.97 Å². The first-order chi connectivity index (χ1) is 16.4. The van der Waals surface area contributed by atoms with Crippen LogP contribution in [0.25, 0.3) is 33.5 Å². The van der Waals surface area contributed by atoms with Crippen LogP contribution in [0.2, 0.25) is 0 Å². The fourth-order valence-electron chi connectivity index (χ4n) is 4.31. The molecule has 0 radical (unpaired) electrons. The highest BCUT2D eigenvalue weighted by Crippen LogP contribution is 2.35. The van der Waals surface area contributed by atoms with Gasteiger partial charge in [0, 0.05) is 24.2 Å². The third-order valence-corrected chi connectivity index (χ3v) is 6.01. The number of methoxy groups -OCH3 is 1. The lowest BCUT2D eigenvalue weighted by molar-refractivity contribution is -0.140. The minimum absolute atomic E-state index is 0.133. The summed E-state index contributed by atoms with van der Waals surface area (Å²) in [5.41, 5.74) is 8.05. The molecule has 0 aliphatic carbocycles. The van der Waals surface area contributed by atoms with Crippen LogP contribution in [0.1, 0.15) is 34.8 Å². The van der Waals surface area contributed by atoms with Crippen molar-refractivity contribution in [3.63, 3.8) is 0 Å². The molecule has 0 unspecified atom stereocenters. The number of nitrogens with one attached hydrogen (secondary N) is 1. The summed E-state index contributed by atoms with van der Waals surface area (Å²) in [4.78, 5) is 28.9. The minimum atomic E-state index is -0.357. The highest BCUT2D eigenvalue weighted by molar-refractivity contribution is 5.98. The summed E-state index contributed by atoms with van der Waals surface area (Å²) in [5, 5.41) is 2.76. The van der Waals surface area contributed by atoms with Gasteiger partial charge in [0.2, 0.25) is 0 Å². The van der Waals surface area contributed by atoms with Crippen molar-refractivity contribution < 1.29 is 14.3 Å². The lowest BCUT2D eigenvalue weighted by Gasteiger charge is -2.14. The second-order valence-electron chi connectivity index (χ2n) is 8.33. The first-order valence-corrected chi connectivity index (χ1v) is 11.4. The average molecular weight is 456 g/mol. The normalized spacial score (nSPS) is 10.9. The number of ether oxygens (including phenoxy) is 1. The van der Waals surface area contributed by atoms with E-state index in [2.05, 4.69) is 65.7 Å². The second kappa shape index (κ2) is 9.91. The number of fused-ring (bicyclic) bond motifs is 1. The van der Waals surface area contributed by atoms with Gasteiger partial charge in [0.25, 0.3) is 5.91 Å². The number of nitrogens with zero attached hydrogens (tertiary/aromatic N) is 2. The van der Waals surface area contributed by atoms with Gasteiger partial charge in [0.15, 0.2) is 0 Å². The van der Waals surface area contributed by atoms with E-state index >= 15 is 0 Å². The minimum Gasteiger partial charge on any atom is -0.469 e. The molecule has 174 valence electrons. The summed E-state index contributed by atoms with van der Waals surface area (Å²) in [7, 11) is 1.33. The van der Waals surface area contributed by atoms with E-state index in [1.807, 2.05) is 18.2 Å². The Kier molecular flexibility index (Phi) is 6.77. The Morgan fingerprint density at radius 3 is 2.44 bits per heavy atom. The average Bonchev–Trinajstić information content (AvgIpc) is 3.21. The number of carbonyl (C=O) groups is 2. The van der Waals surface area contributed by atoms with Crippen LogP contribution in [-0.2, 0) is 16.1 Å². The molecule has 4 aromatic rings. The number of carbonyl (C=O) groups excluding carboxylic acids is 2. The summed E-state index contributed by atoms with van der Waals surface area (Å²) < 4.78 is 6.79. The molecule has 6 nitrogen and oxygen atoms in total. The molecule has 1 N–H and O–H groups in total. The molecule has 4 rings (SSSR count). The van der Waals surface area contributed by atoms with Gasteiger partial charge in [-0.05, 0) is 55.7 Å². The smallest absolute Gasteiger partial charge is 0.307 e. The van der Waals surface area contributed by atoms with Crippen LogP contribution in [-0.4, -0.2) is 35.1 Å². The molecule has 0 saturated heterocycles. The number of amides is 1. The van der Waals surface area contributed by atoms with E-state index in [0.29, 0.717) is 5.56 Å². The standard InChI is InChI=1S/C28H29N3O3/c1-5-31-25-13-11-20(28(33)29-15-14-26(32)34-4)17-24(25)30-27(31)23-9-7-6-8-22(23)21-12-10-18(2)16-19(21)3/h6-13,16-17H,5,14-15H2,1-4H3,(H,29,33). The van der Waals surface area contributed by atoms with Crippen LogP contribution >= 0.6 is 0 Å². The highest BCUT2D eigenvalue weighted by Gasteiger charge is 2.18. The van der Waals surface area contributed by atoms with E-state index in [0.717, 1.165) is 34.5 Å². The van der Waals surface area contributed by atoms with Crippen LogP contribution < -0.4 is 5.32 Å². The fourth-order valence-corrected chi connectivity index (χ4v) is 4.31. The Bertz CT molecular complexity index is 1370. The molecule has 0 bridgehead atoms. The maximum Gasteiger partial charge on any atom is 0.307 e. The Balaban J connectivity index is 1.73. The SMILES string of the molecule is CCn1c(-c2ccccc2-c2ccc(C)cc2C)nc2cc(C(=O)NCCC(=O)OC)ccc21. The number of hydrogen-bond acceptors (Lipinski definition) is 4. The Hall–Kier alpha value is -3.93. The van der Waals surface area contributed by atoms with Crippen molar-refractivity contribution in [3.8, 4) is 22.5 Å². The van der Waals surface area contributed by atoms with Gasteiger partial charge in [0.1, 0.15) is 5.82 Å². The van der Waals surface area contributed by atoms with E-state index in [1.54, 1.807) is 12.1 Å². The Morgan fingerprint density at radius 1 is 0.971 bits per heavy atom. The number of esters is 1. The van der Waals surface area contributed by atoms with Gasteiger partial charge in [-0.15, -0.1) is 0 Å². The molecule has 1 heterocycles. The van der Waals surface area contributed by atoms with E-state index in [1.165, 1.54) is 23.8 Å². The quantitative estimate of drug-likeness (QED) is 0.384. The molecule has 1 aromatic heterocycles. The predicted octanol–water partition coefficient (Wildman–Crippen LogP) is 5.30. The van der Waals surface area contributed by atoms with E-state index in [4.69, 9.17) is 4.98 Å². The molecule has 0 atom stereocenters. The number of rotatable bonds is 7. The summed E-state index contributed by atoms with van der Waals surface area (Å²) in [5.74, 6) is 0.273. The van der Waals surface area contributed by atoms with Gasteiger partial charge in [-0.3, -0.25) is 9.59 Å². The van der Waals surface area contributed by atoms with Crippen molar-refractivity contribution in [3.05, 3.63) is 77.4 Å². The van der Waals surface area contributed by atoms with Gasteiger partial charge in [-0.2, -0.15) is 0 Å². The van der Waals surface area contributed by atoms with E-state index < -0.39 is 0 Å². The van der Waals surface area contributed by atoms with E-state index in [9.17, 15) is 9.59 Å². The molecule has 3 aromatic carbocycles. The lowest BCUT2D eigenvalue weighted by Crippen LogP contribution is -2.26. The molecule has 0 aliphatic heterocycles. The van der Waals surface area contributed by atoms with E-state index in [-0.39, 0.29) is 24.8 Å². The van der Waals surface area contributed by atoms with Gasteiger partial charge in [0.05, 0.1) is 24.6 Å². The summed E-state index contributed by atoms with van der Waals surface area (Å²) in [6.45, 7) is 7.30. The third kappa shape index (κ3) is 4.57. The monoisotopic (exact) mass is 455 g/mol. The van der Waals surface area contributed by atoms with Gasteiger partial charge in [-0.25, -0.2) is 4.98 Å². The maximum absolute atomic E-state index is 12.6. The number of hydrogen-bond donors (Lipinski definition) is 1. The molecule has 0 saturated carbocycles. The van der Waals surface area contributed by atoms with Crippen LogP contribution in [0.3, 0.4) is 0 Å². The first kappa shape index (κ1) is 23.2. The maximum atomic E-state index is 12.6. The van der Waals surface area contributed by atoms with Crippen molar-refractivity contribution in [2.24, 2.45) is 0 Å². The zero-order valence-electron chi connectivity index (χ0n) is 20.0. The van der Waals surface area contributed by atoms with Crippen LogP contribution in [0.4, 0.5) is 0 Å². The van der Waals surface area contributed by atoms with Crippen molar-refractivity contribution in [2.45, 2.75) is 33.7 Å². The Labute approximate surface area is 199 Å². The molecule has 34 heavy (non-hydrogen) atoms. The third-order valence-electron chi connectivity index (χ3n) is 6.01. The first-order valence-electron chi connectivity index (χ1n) is 11.4. The number of imidazole rings is 1. The molecule has 1 amide bonds. The highest BCUT2D eigenvalue weighted by atomic mass is 16.5. The van der Waals surface area contributed by atoms with Gasteiger partial charge < -0.3 is 14.6 Å². The lowest BCUT2D eigenvalue weighted by atomic mass is 9.94. The van der Waals surface area contributed by atoms with Gasteiger partial charge in [-0.1, -0.05) is 48.0 Å². The van der Waals surface area contributed by atoms with Crippen molar-refractivity contribution in [1.82, 2.24) is 14.9 Å². The van der Waals surface area contributed by atoms with Crippen molar-refractivity contribution in [2.75, 3.05) is 13.7 Å². The number of aromatic nitrogens is 2. The second-order valence-corrected chi connectivity index (χ2v) is 8.33. The molecule has 0 spiro atoms. The molecule has 0 aliphatic rings. The largest absolute Gasteiger partial charge is 0.469 e. The Morgan fingerprint density at radius 2 is 1.74 bits per heavy atom. The predicted molar refractivity (Wildman–Crippen MR) is 135 cm³/mol. The number of benzene rings is 3. The van der Waals surface area contributed by atoms with Crippen molar-refractivity contribution in [1.29, 1.82) is 0 Å². The summed E-state index contributed by atoms with van der Waals surface area (Å²) in [6, 6.07) is 20.3. The summed E-state index contributed by atoms with van der Waals surface area (Å²) in [6.07, 6.45) is 0.133.